The van der Waals surface area contributed by atoms with Crippen LogP contribution in [0.2, 0.25) is 0 Å². The fourth-order valence-corrected chi connectivity index (χ4v) is 4.57. The van der Waals surface area contributed by atoms with Gasteiger partial charge in [0.05, 0.1) is 6.54 Å². The van der Waals surface area contributed by atoms with Crippen LogP contribution in [0.15, 0.2) is 52.3 Å². The van der Waals surface area contributed by atoms with Crippen molar-refractivity contribution < 1.29 is 12.8 Å². The Morgan fingerprint density at radius 3 is 2.48 bits per heavy atom. The van der Waals surface area contributed by atoms with Gasteiger partial charge in [-0.15, -0.1) is 0 Å². The summed E-state index contributed by atoms with van der Waals surface area (Å²) in [4.78, 5) is 12.4. The quantitative estimate of drug-likeness (QED) is 0.837. The minimum Gasteiger partial charge on any atom is -0.310 e. The van der Waals surface area contributed by atoms with E-state index in [0.717, 1.165) is 12.8 Å². The maximum absolute atomic E-state index is 13.8. The number of pyridine rings is 1. The zero-order valence-electron chi connectivity index (χ0n) is 14.1. The Morgan fingerprint density at radius 2 is 1.80 bits per heavy atom. The maximum Gasteiger partial charge on any atom is 0.271 e. The van der Waals surface area contributed by atoms with Crippen molar-refractivity contribution in [1.29, 1.82) is 0 Å². The summed E-state index contributed by atoms with van der Waals surface area (Å²) in [7, 11) is -3.83. The van der Waals surface area contributed by atoms with Crippen molar-refractivity contribution in [2.75, 3.05) is 13.1 Å². The van der Waals surface area contributed by atoms with Crippen LogP contribution < -0.4 is 5.56 Å². The van der Waals surface area contributed by atoms with Crippen molar-refractivity contribution >= 4 is 10.0 Å². The third-order valence-corrected chi connectivity index (χ3v) is 6.56. The minimum atomic E-state index is -3.83. The molecular formula is C18H21FN2O3S. The van der Waals surface area contributed by atoms with E-state index < -0.39 is 21.4 Å². The number of nitrogens with zero attached hydrogens (tertiary/aromatic N) is 2. The fourth-order valence-electron chi connectivity index (χ4n) is 3.01. The van der Waals surface area contributed by atoms with Crippen molar-refractivity contribution in [2.24, 2.45) is 5.92 Å². The standard InChI is InChI=1S/C18H21FN2O3S/c1-14-8-11-21(12-9-14)25(23,24)17-7-4-10-20(18(17)22)13-15-5-2-3-6-16(15)19/h2-7,10,14H,8-9,11-13H2,1H3. The van der Waals surface area contributed by atoms with Crippen LogP contribution in [-0.4, -0.2) is 30.4 Å². The number of halogens is 1. The van der Waals surface area contributed by atoms with Crippen LogP contribution in [0.1, 0.15) is 25.3 Å². The number of aromatic nitrogens is 1. The van der Waals surface area contributed by atoms with Gasteiger partial charge in [0.2, 0.25) is 10.0 Å². The Balaban J connectivity index is 1.93. The van der Waals surface area contributed by atoms with Gasteiger partial charge >= 0.3 is 0 Å². The first kappa shape index (κ1) is 17.8. The Morgan fingerprint density at radius 1 is 1.12 bits per heavy atom. The third-order valence-electron chi connectivity index (χ3n) is 4.64. The van der Waals surface area contributed by atoms with Crippen molar-refractivity contribution in [1.82, 2.24) is 8.87 Å². The number of hydrogen-bond acceptors (Lipinski definition) is 3. The second-order valence-electron chi connectivity index (χ2n) is 6.48. The molecule has 25 heavy (non-hydrogen) atoms. The molecular weight excluding hydrogens is 343 g/mol. The average molecular weight is 364 g/mol. The molecule has 0 unspecified atom stereocenters. The van der Waals surface area contributed by atoms with Crippen LogP contribution in [0.3, 0.4) is 0 Å². The minimum absolute atomic E-state index is 0.00803. The Hall–Kier alpha value is -1.99. The van der Waals surface area contributed by atoms with E-state index in [9.17, 15) is 17.6 Å². The summed E-state index contributed by atoms with van der Waals surface area (Å²) in [6.45, 7) is 2.93. The third kappa shape index (κ3) is 3.67. The van der Waals surface area contributed by atoms with E-state index in [1.54, 1.807) is 18.2 Å². The summed E-state index contributed by atoms with van der Waals surface area (Å²) in [6, 6.07) is 8.98. The van der Waals surface area contributed by atoms with Crippen molar-refractivity contribution in [3.05, 3.63) is 64.3 Å². The summed E-state index contributed by atoms with van der Waals surface area (Å²) in [5, 5.41) is 0. The first-order valence-electron chi connectivity index (χ1n) is 8.32. The lowest BCUT2D eigenvalue weighted by Crippen LogP contribution is -2.40. The molecule has 0 spiro atoms. The molecule has 2 aromatic rings. The molecule has 0 aliphatic carbocycles. The zero-order chi connectivity index (χ0) is 18.0. The van der Waals surface area contributed by atoms with Crippen LogP contribution in [0.4, 0.5) is 4.39 Å². The van der Waals surface area contributed by atoms with Gasteiger partial charge in [-0.3, -0.25) is 4.79 Å². The Labute approximate surface area is 146 Å². The van der Waals surface area contributed by atoms with Crippen LogP contribution in [0.5, 0.6) is 0 Å². The molecule has 2 heterocycles. The number of benzene rings is 1. The highest BCUT2D eigenvalue weighted by Gasteiger charge is 2.30. The predicted molar refractivity (Wildman–Crippen MR) is 93.4 cm³/mol. The second-order valence-corrected chi connectivity index (χ2v) is 8.39. The molecule has 1 aromatic carbocycles. The molecule has 0 bridgehead atoms. The topological polar surface area (TPSA) is 59.4 Å². The summed E-state index contributed by atoms with van der Waals surface area (Å²) in [6.07, 6.45) is 3.05. The van der Waals surface area contributed by atoms with E-state index in [1.807, 2.05) is 0 Å². The van der Waals surface area contributed by atoms with E-state index in [1.165, 1.54) is 33.3 Å². The molecule has 0 saturated carbocycles. The van der Waals surface area contributed by atoms with E-state index >= 15 is 0 Å². The normalized spacial score (nSPS) is 16.9. The summed E-state index contributed by atoms with van der Waals surface area (Å²) in [5.41, 5.74) is -0.282. The second kappa shape index (κ2) is 7.09. The van der Waals surface area contributed by atoms with Gasteiger partial charge in [-0.2, -0.15) is 4.31 Å². The molecule has 134 valence electrons. The lowest BCUT2D eigenvalue weighted by molar-refractivity contribution is 0.287. The van der Waals surface area contributed by atoms with Gasteiger partial charge in [0.15, 0.2) is 0 Å². The van der Waals surface area contributed by atoms with E-state index in [2.05, 4.69) is 6.92 Å². The Bertz CT molecular complexity index is 916. The molecule has 0 atom stereocenters. The largest absolute Gasteiger partial charge is 0.310 e. The molecule has 1 aliphatic rings. The van der Waals surface area contributed by atoms with Gasteiger partial charge in [0.25, 0.3) is 5.56 Å². The molecule has 3 rings (SSSR count). The number of hydrogen-bond donors (Lipinski definition) is 0. The lowest BCUT2D eigenvalue weighted by Gasteiger charge is -2.29. The number of rotatable bonds is 4. The van der Waals surface area contributed by atoms with Gasteiger partial charge in [0.1, 0.15) is 10.7 Å². The number of sulfonamides is 1. The first-order valence-corrected chi connectivity index (χ1v) is 9.76. The summed E-state index contributed by atoms with van der Waals surface area (Å²) in [5.74, 6) is 0.0626. The van der Waals surface area contributed by atoms with Gasteiger partial charge in [-0.05, 0) is 37.0 Å². The molecule has 7 heteroatoms. The average Bonchev–Trinajstić information content (AvgIpc) is 2.59. The summed E-state index contributed by atoms with van der Waals surface area (Å²) >= 11 is 0. The SMILES string of the molecule is CC1CCN(S(=O)(=O)c2cccn(Cc3ccccc3F)c2=O)CC1. The molecule has 0 N–H and O–H groups in total. The zero-order valence-corrected chi connectivity index (χ0v) is 14.9. The van der Waals surface area contributed by atoms with E-state index in [-0.39, 0.29) is 11.4 Å². The Kier molecular flexibility index (Phi) is 5.06. The van der Waals surface area contributed by atoms with Crippen molar-refractivity contribution in [3.8, 4) is 0 Å². The van der Waals surface area contributed by atoms with Gasteiger partial charge in [-0.25, -0.2) is 12.8 Å². The fraction of sp³-hybridized carbons (Fsp3) is 0.389. The van der Waals surface area contributed by atoms with Crippen LogP contribution in [-0.2, 0) is 16.6 Å². The van der Waals surface area contributed by atoms with Gasteiger partial charge < -0.3 is 4.57 Å². The molecule has 1 fully saturated rings. The van der Waals surface area contributed by atoms with Crippen LogP contribution >= 0.6 is 0 Å². The van der Waals surface area contributed by atoms with Crippen molar-refractivity contribution in [2.45, 2.75) is 31.2 Å². The molecule has 5 nitrogen and oxygen atoms in total. The van der Waals surface area contributed by atoms with Crippen LogP contribution in [0, 0.1) is 11.7 Å². The molecule has 0 radical (unpaired) electrons. The smallest absolute Gasteiger partial charge is 0.271 e. The highest BCUT2D eigenvalue weighted by atomic mass is 32.2. The predicted octanol–water partition coefficient (Wildman–Crippen LogP) is 2.46. The highest BCUT2D eigenvalue weighted by Crippen LogP contribution is 2.21. The molecule has 1 saturated heterocycles. The summed E-state index contributed by atoms with van der Waals surface area (Å²) < 4.78 is 42.1. The monoisotopic (exact) mass is 364 g/mol. The van der Waals surface area contributed by atoms with Gasteiger partial charge in [-0.1, -0.05) is 25.1 Å². The first-order chi connectivity index (χ1) is 11.9. The van der Waals surface area contributed by atoms with Crippen LogP contribution in [0.25, 0.3) is 0 Å². The molecule has 1 aliphatic heterocycles. The van der Waals surface area contributed by atoms with Gasteiger partial charge in [0, 0.05) is 24.8 Å². The van der Waals surface area contributed by atoms with E-state index in [0.29, 0.717) is 24.6 Å². The lowest BCUT2D eigenvalue weighted by atomic mass is 10.0. The molecule has 0 amide bonds. The highest BCUT2D eigenvalue weighted by molar-refractivity contribution is 7.89. The maximum atomic E-state index is 13.8. The van der Waals surface area contributed by atoms with E-state index in [4.69, 9.17) is 0 Å². The molecule has 1 aromatic heterocycles. The number of piperidine rings is 1. The van der Waals surface area contributed by atoms with Crippen molar-refractivity contribution in [3.63, 3.8) is 0 Å².